The average Bonchev–Trinajstić information content (AvgIpc) is 2.88. The number of hydrogen-bond donors (Lipinski definition) is 0. The van der Waals surface area contributed by atoms with Gasteiger partial charge in [0.25, 0.3) is 5.91 Å². The predicted octanol–water partition coefficient (Wildman–Crippen LogP) is 5.17. The first kappa shape index (κ1) is 14.5. The quantitative estimate of drug-likeness (QED) is 0.605. The third-order valence-electron chi connectivity index (χ3n) is 4.70. The SMILES string of the molecule is Cc1cccc(C(=O)n2c3c(c4cc(Cl)ccc42)CCCC3)c1. The Bertz CT molecular complexity index is 923. The highest BCUT2D eigenvalue weighted by molar-refractivity contribution is 6.31. The van der Waals surface area contributed by atoms with Crippen molar-refractivity contribution in [1.29, 1.82) is 0 Å². The number of halogens is 1. The molecule has 4 rings (SSSR count). The molecule has 2 aromatic carbocycles. The van der Waals surface area contributed by atoms with Crippen LogP contribution in [-0.4, -0.2) is 10.5 Å². The fourth-order valence-corrected chi connectivity index (χ4v) is 3.83. The van der Waals surface area contributed by atoms with Gasteiger partial charge in [0.1, 0.15) is 0 Å². The van der Waals surface area contributed by atoms with Gasteiger partial charge in [0.05, 0.1) is 5.52 Å². The van der Waals surface area contributed by atoms with Crippen molar-refractivity contribution >= 4 is 28.4 Å². The molecule has 0 bridgehead atoms. The zero-order valence-electron chi connectivity index (χ0n) is 13.1. The van der Waals surface area contributed by atoms with E-state index < -0.39 is 0 Å². The fraction of sp³-hybridized carbons (Fsp3) is 0.250. The molecule has 0 spiro atoms. The molecule has 23 heavy (non-hydrogen) atoms. The van der Waals surface area contributed by atoms with E-state index in [0.717, 1.165) is 46.3 Å². The van der Waals surface area contributed by atoms with Gasteiger partial charge in [-0.25, -0.2) is 0 Å². The van der Waals surface area contributed by atoms with Crippen LogP contribution in [0.5, 0.6) is 0 Å². The highest BCUT2D eigenvalue weighted by Crippen LogP contribution is 2.34. The zero-order chi connectivity index (χ0) is 16.0. The van der Waals surface area contributed by atoms with E-state index in [1.807, 2.05) is 54.0 Å². The first-order valence-electron chi connectivity index (χ1n) is 8.08. The van der Waals surface area contributed by atoms with Crippen molar-refractivity contribution in [3.8, 4) is 0 Å². The average molecular weight is 324 g/mol. The number of carbonyl (C=O) groups excluding carboxylic acids is 1. The van der Waals surface area contributed by atoms with Crippen LogP contribution in [0.3, 0.4) is 0 Å². The van der Waals surface area contributed by atoms with Gasteiger partial charge in [-0.3, -0.25) is 9.36 Å². The molecule has 3 aromatic rings. The molecule has 0 N–H and O–H groups in total. The van der Waals surface area contributed by atoms with Crippen LogP contribution >= 0.6 is 11.6 Å². The number of aryl methyl sites for hydroxylation is 2. The third-order valence-corrected chi connectivity index (χ3v) is 4.94. The lowest BCUT2D eigenvalue weighted by Crippen LogP contribution is -2.17. The minimum Gasteiger partial charge on any atom is -0.280 e. The van der Waals surface area contributed by atoms with Crippen LogP contribution in [0, 0.1) is 6.92 Å². The van der Waals surface area contributed by atoms with Gasteiger partial charge in [0.2, 0.25) is 0 Å². The molecule has 0 radical (unpaired) electrons. The molecular formula is C20H18ClNO. The molecular weight excluding hydrogens is 306 g/mol. The van der Waals surface area contributed by atoms with Gasteiger partial charge in [-0.2, -0.15) is 0 Å². The van der Waals surface area contributed by atoms with Gasteiger partial charge in [-0.05, 0) is 68.5 Å². The molecule has 0 atom stereocenters. The minimum absolute atomic E-state index is 0.0594. The molecule has 116 valence electrons. The van der Waals surface area contributed by atoms with E-state index in [1.165, 1.54) is 17.7 Å². The van der Waals surface area contributed by atoms with Crippen molar-refractivity contribution in [2.75, 3.05) is 0 Å². The topological polar surface area (TPSA) is 22.0 Å². The monoisotopic (exact) mass is 323 g/mol. The number of carbonyl (C=O) groups is 1. The van der Waals surface area contributed by atoms with Crippen molar-refractivity contribution in [2.24, 2.45) is 0 Å². The van der Waals surface area contributed by atoms with E-state index in [-0.39, 0.29) is 5.91 Å². The Kier molecular flexibility index (Phi) is 3.50. The summed E-state index contributed by atoms with van der Waals surface area (Å²) in [6.07, 6.45) is 4.30. The number of aromatic nitrogens is 1. The van der Waals surface area contributed by atoms with Crippen molar-refractivity contribution < 1.29 is 4.79 Å². The first-order chi connectivity index (χ1) is 11.1. The Morgan fingerprint density at radius 2 is 1.91 bits per heavy atom. The maximum Gasteiger partial charge on any atom is 0.262 e. The molecule has 0 saturated heterocycles. The van der Waals surface area contributed by atoms with Crippen LogP contribution in [0.25, 0.3) is 10.9 Å². The number of fused-ring (bicyclic) bond motifs is 3. The largest absolute Gasteiger partial charge is 0.280 e. The molecule has 1 aromatic heterocycles. The molecule has 0 unspecified atom stereocenters. The molecule has 1 aliphatic carbocycles. The Labute approximate surface area is 140 Å². The van der Waals surface area contributed by atoms with E-state index in [2.05, 4.69) is 0 Å². The predicted molar refractivity (Wildman–Crippen MR) is 94.5 cm³/mol. The smallest absolute Gasteiger partial charge is 0.262 e. The van der Waals surface area contributed by atoms with Gasteiger partial charge < -0.3 is 0 Å². The van der Waals surface area contributed by atoms with E-state index in [9.17, 15) is 4.79 Å². The van der Waals surface area contributed by atoms with Crippen LogP contribution in [0.1, 0.15) is 40.0 Å². The molecule has 1 heterocycles. The number of hydrogen-bond acceptors (Lipinski definition) is 1. The standard InChI is InChI=1S/C20H18ClNO/c1-13-5-4-6-14(11-13)20(23)22-18-8-3-2-7-16(18)17-12-15(21)9-10-19(17)22/h4-6,9-12H,2-3,7-8H2,1H3. The van der Waals surface area contributed by atoms with E-state index in [0.29, 0.717) is 0 Å². The van der Waals surface area contributed by atoms with E-state index >= 15 is 0 Å². The summed E-state index contributed by atoms with van der Waals surface area (Å²) in [5.41, 5.74) is 5.29. The van der Waals surface area contributed by atoms with Gasteiger partial charge in [0, 0.05) is 21.7 Å². The second-order valence-corrected chi connectivity index (χ2v) is 6.74. The van der Waals surface area contributed by atoms with Crippen molar-refractivity contribution in [3.05, 3.63) is 69.9 Å². The summed E-state index contributed by atoms with van der Waals surface area (Å²) in [5, 5.41) is 1.86. The van der Waals surface area contributed by atoms with Crippen LogP contribution in [0.2, 0.25) is 5.02 Å². The summed E-state index contributed by atoms with van der Waals surface area (Å²) in [7, 11) is 0. The van der Waals surface area contributed by atoms with Crippen LogP contribution in [0.4, 0.5) is 0 Å². The highest BCUT2D eigenvalue weighted by atomic mass is 35.5. The van der Waals surface area contributed by atoms with Gasteiger partial charge in [-0.1, -0.05) is 29.3 Å². The van der Waals surface area contributed by atoms with Crippen LogP contribution in [0.15, 0.2) is 42.5 Å². The van der Waals surface area contributed by atoms with Gasteiger partial charge in [0.15, 0.2) is 0 Å². The normalized spacial score (nSPS) is 14.0. The molecule has 0 aliphatic heterocycles. The van der Waals surface area contributed by atoms with Gasteiger partial charge >= 0.3 is 0 Å². The second kappa shape index (κ2) is 5.54. The maximum atomic E-state index is 13.2. The second-order valence-electron chi connectivity index (χ2n) is 6.30. The van der Waals surface area contributed by atoms with Crippen molar-refractivity contribution in [3.63, 3.8) is 0 Å². The Balaban J connectivity index is 1.97. The van der Waals surface area contributed by atoms with Crippen LogP contribution < -0.4 is 0 Å². The van der Waals surface area contributed by atoms with Crippen molar-refractivity contribution in [2.45, 2.75) is 32.6 Å². The summed E-state index contributed by atoms with van der Waals surface area (Å²) in [4.78, 5) is 13.2. The van der Waals surface area contributed by atoms with Gasteiger partial charge in [-0.15, -0.1) is 0 Å². The van der Waals surface area contributed by atoms with E-state index in [4.69, 9.17) is 11.6 Å². The minimum atomic E-state index is 0.0594. The number of benzene rings is 2. The number of rotatable bonds is 1. The van der Waals surface area contributed by atoms with Crippen LogP contribution in [-0.2, 0) is 12.8 Å². The molecule has 2 nitrogen and oxygen atoms in total. The third kappa shape index (κ3) is 2.38. The fourth-order valence-electron chi connectivity index (χ4n) is 3.66. The highest BCUT2D eigenvalue weighted by Gasteiger charge is 2.24. The lowest BCUT2D eigenvalue weighted by atomic mass is 9.95. The molecule has 1 aliphatic rings. The maximum absolute atomic E-state index is 13.2. The zero-order valence-corrected chi connectivity index (χ0v) is 13.9. The first-order valence-corrected chi connectivity index (χ1v) is 8.46. The van der Waals surface area contributed by atoms with E-state index in [1.54, 1.807) is 0 Å². The Morgan fingerprint density at radius 1 is 1.09 bits per heavy atom. The lowest BCUT2D eigenvalue weighted by molar-refractivity contribution is 0.0961. The molecule has 0 amide bonds. The molecule has 0 fully saturated rings. The Morgan fingerprint density at radius 3 is 2.74 bits per heavy atom. The van der Waals surface area contributed by atoms with Crippen molar-refractivity contribution in [1.82, 2.24) is 4.57 Å². The molecule has 3 heteroatoms. The summed E-state index contributed by atoms with van der Waals surface area (Å²) in [5.74, 6) is 0.0594. The summed E-state index contributed by atoms with van der Waals surface area (Å²) in [6, 6.07) is 13.7. The molecule has 0 saturated carbocycles. The Hall–Kier alpha value is -2.06. The number of nitrogens with zero attached hydrogens (tertiary/aromatic N) is 1. The summed E-state index contributed by atoms with van der Waals surface area (Å²) in [6.45, 7) is 2.01. The summed E-state index contributed by atoms with van der Waals surface area (Å²) < 4.78 is 1.91. The summed E-state index contributed by atoms with van der Waals surface area (Å²) >= 11 is 6.19. The lowest BCUT2D eigenvalue weighted by Gasteiger charge is -2.15.